The van der Waals surface area contributed by atoms with Crippen LogP contribution in [0.5, 0.6) is 0 Å². The number of aryl methyl sites for hydroxylation is 6. The molecule has 4 nitrogen and oxygen atoms in total. The monoisotopic (exact) mass is 919 g/mol. The molecule has 0 aliphatic heterocycles. The first-order valence-corrected chi connectivity index (χ1v) is 20.3. The molecule has 4 aromatic heterocycles. The Bertz CT molecular complexity index is 2890. The number of benzene rings is 6. The van der Waals surface area contributed by atoms with E-state index in [2.05, 4.69) is 158 Å². The number of hydrogen-bond acceptors (Lipinski definition) is 2. The molecule has 4 heterocycles. The molecule has 0 saturated carbocycles. The zero-order valence-electron chi connectivity index (χ0n) is 32.9. The van der Waals surface area contributed by atoms with E-state index >= 15 is 0 Å². The van der Waals surface area contributed by atoms with Gasteiger partial charge in [0.05, 0.1) is 34.1 Å². The fourth-order valence-corrected chi connectivity index (χ4v) is 9.41. The second-order valence-corrected chi connectivity index (χ2v) is 14.9. The fraction of sp³-hybridized carbons (Fsp3) is 0.192. The molecule has 282 valence electrons. The number of nitrogens with zero attached hydrogens (tertiary/aromatic N) is 4. The summed E-state index contributed by atoms with van der Waals surface area (Å²) in [7, 11) is 0. The van der Waals surface area contributed by atoms with Gasteiger partial charge in [0.1, 0.15) is 0 Å². The minimum absolute atomic E-state index is 0. The van der Waals surface area contributed by atoms with Gasteiger partial charge in [0.15, 0.2) is 0 Å². The maximum absolute atomic E-state index is 5.65. The van der Waals surface area contributed by atoms with Gasteiger partial charge in [-0.25, -0.2) is 0 Å². The molecule has 57 heavy (non-hydrogen) atoms. The number of para-hydroxylation sites is 2. The van der Waals surface area contributed by atoms with E-state index in [9.17, 15) is 0 Å². The first-order chi connectivity index (χ1) is 27.6. The molecule has 5 heteroatoms. The van der Waals surface area contributed by atoms with Crippen LogP contribution in [0, 0.1) is 12.1 Å². The second kappa shape index (κ2) is 15.1. The fourth-order valence-electron chi connectivity index (χ4n) is 9.41. The molecule has 0 atom stereocenters. The van der Waals surface area contributed by atoms with Gasteiger partial charge in [0.2, 0.25) is 0 Å². The van der Waals surface area contributed by atoms with Crippen molar-refractivity contribution in [3.63, 3.8) is 0 Å². The largest absolute Gasteiger partial charge is 2.00 e. The molecule has 0 aliphatic rings. The number of rotatable bonds is 9. The maximum Gasteiger partial charge on any atom is 2.00 e. The summed E-state index contributed by atoms with van der Waals surface area (Å²) in [6.07, 6.45) is 5.21. The summed E-state index contributed by atoms with van der Waals surface area (Å²) in [5.41, 5.74) is 16.9. The van der Waals surface area contributed by atoms with Crippen LogP contribution in [-0.4, -0.2) is 18.8 Å². The van der Waals surface area contributed by atoms with E-state index in [1.165, 1.54) is 77.3 Å². The van der Waals surface area contributed by atoms with Crippen molar-refractivity contribution >= 4 is 54.6 Å². The molecule has 6 aromatic carbocycles. The molecule has 0 N–H and O–H groups in total. The molecule has 0 spiro atoms. The average Bonchev–Trinajstić information content (AvgIpc) is 3.84. The quantitative estimate of drug-likeness (QED) is 0.107. The van der Waals surface area contributed by atoms with E-state index in [1.54, 1.807) is 0 Å². The van der Waals surface area contributed by atoms with Crippen molar-refractivity contribution < 1.29 is 21.1 Å². The van der Waals surface area contributed by atoms with Crippen molar-refractivity contribution in [1.29, 1.82) is 0 Å². The van der Waals surface area contributed by atoms with Crippen molar-refractivity contribution in [2.75, 3.05) is 0 Å². The van der Waals surface area contributed by atoms with Gasteiger partial charge >= 0.3 is 21.1 Å². The van der Waals surface area contributed by atoms with Crippen LogP contribution in [0.3, 0.4) is 0 Å². The van der Waals surface area contributed by atoms with Gasteiger partial charge in [-0.15, -0.1) is 59.3 Å². The van der Waals surface area contributed by atoms with Crippen molar-refractivity contribution in [1.82, 2.24) is 18.8 Å². The summed E-state index contributed by atoms with van der Waals surface area (Å²) in [6, 6.07) is 51.1. The van der Waals surface area contributed by atoms with Crippen LogP contribution in [0.1, 0.15) is 61.3 Å². The smallest absolute Gasteiger partial charge is 0.333 e. The van der Waals surface area contributed by atoms with Crippen molar-refractivity contribution in [3.8, 4) is 22.5 Å². The van der Waals surface area contributed by atoms with Gasteiger partial charge in [-0.2, -0.15) is 0 Å². The Hall–Kier alpha value is -5.57. The van der Waals surface area contributed by atoms with Crippen LogP contribution in [0.15, 0.2) is 121 Å². The van der Waals surface area contributed by atoms with Crippen LogP contribution < -0.4 is 0 Å². The molecular formula is C52H44N4Pt. The SMILES string of the molecule is CCc1cccc(CC)c1-c1c(CCc2nc3c4[c-]cccc4c4ccccc4n3c2-c2c(CC)cccc2CC)nc2c3[c-]cccc3c3ccccc3n12.[Pt+2]. The topological polar surface area (TPSA) is 34.6 Å². The average molecular weight is 920 g/mol. The first-order valence-electron chi connectivity index (χ1n) is 20.3. The van der Waals surface area contributed by atoms with Gasteiger partial charge in [-0.1, -0.05) is 111 Å². The maximum atomic E-state index is 5.65. The summed E-state index contributed by atoms with van der Waals surface area (Å²) in [6.45, 7) is 9.09. The zero-order chi connectivity index (χ0) is 37.9. The Morgan fingerprint density at radius 1 is 0.439 bits per heavy atom. The molecular weight excluding hydrogens is 876 g/mol. The van der Waals surface area contributed by atoms with Crippen LogP contribution >= 0.6 is 0 Å². The molecule has 0 radical (unpaired) electrons. The zero-order valence-corrected chi connectivity index (χ0v) is 35.2. The molecule has 10 aromatic rings. The van der Waals surface area contributed by atoms with Crippen LogP contribution in [0.4, 0.5) is 0 Å². The Labute approximate surface area is 348 Å². The number of hydrogen-bond donors (Lipinski definition) is 0. The van der Waals surface area contributed by atoms with Gasteiger partial charge < -0.3 is 8.80 Å². The van der Waals surface area contributed by atoms with Gasteiger partial charge in [-0.3, -0.25) is 9.97 Å². The molecule has 0 saturated heterocycles. The third-order valence-electron chi connectivity index (χ3n) is 12.0. The minimum atomic E-state index is 0. The van der Waals surface area contributed by atoms with Crippen LogP contribution in [0.2, 0.25) is 0 Å². The van der Waals surface area contributed by atoms with Crippen molar-refractivity contribution in [2.24, 2.45) is 0 Å². The van der Waals surface area contributed by atoms with E-state index in [0.29, 0.717) is 0 Å². The number of pyridine rings is 2. The van der Waals surface area contributed by atoms with Gasteiger partial charge in [0, 0.05) is 22.2 Å². The predicted molar refractivity (Wildman–Crippen MR) is 234 cm³/mol. The Morgan fingerprint density at radius 3 is 1.19 bits per heavy atom. The summed E-state index contributed by atoms with van der Waals surface area (Å²) in [4.78, 5) is 11.3. The van der Waals surface area contributed by atoms with Gasteiger partial charge in [-0.05, 0) is 83.7 Å². The third-order valence-corrected chi connectivity index (χ3v) is 12.0. The summed E-state index contributed by atoms with van der Waals surface area (Å²) >= 11 is 0. The first kappa shape index (κ1) is 37.0. The molecule has 0 unspecified atom stereocenters. The Morgan fingerprint density at radius 2 is 0.807 bits per heavy atom. The van der Waals surface area contributed by atoms with Crippen LogP contribution in [0.25, 0.3) is 77.2 Å². The number of aromatic nitrogens is 4. The summed E-state index contributed by atoms with van der Waals surface area (Å²) in [5.74, 6) is 0. The van der Waals surface area contributed by atoms with Crippen molar-refractivity contribution in [2.45, 2.75) is 66.2 Å². The van der Waals surface area contributed by atoms with Crippen molar-refractivity contribution in [3.05, 3.63) is 167 Å². The molecule has 10 rings (SSSR count). The third kappa shape index (κ3) is 5.75. The normalized spacial score (nSPS) is 11.8. The predicted octanol–water partition coefficient (Wildman–Crippen LogP) is 12.6. The van der Waals surface area contributed by atoms with E-state index in [4.69, 9.17) is 9.97 Å². The minimum Gasteiger partial charge on any atom is -0.333 e. The molecule has 0 fully saturated rings. The second-order valence-electron chi connectivity index (χ2n) is 14.9. The molecule has 0 bridgehead atoms. The summed E-state index contributed by atoms with van der Waals surface area (Å²) < 4.78 is 4.89. The van der Waals surface area contributed by atoms with E-state index in [1.807, 2.05) is 12.1 Å². The Balaban J connectivity index is 0.00000422. The van der Waals surface area contributed by atoms with Gasteiger partial charge in [0.25, 0.3) is 0 Å². The Kier molecular flexibility index (Phi) is 9.79. The van der Waals surface area contributed by atoms with E-state index in [-0.39, 0.29) is 21.1 Å². The molecule has 0 amide bonds. The number of imidazole rings is 2. The standard InChI is InChI=1S/C52H44N4.Pt/c1-5-33-19-17-20-34(6-2)47(33)49-43(53-51-41-27-11-9-23-37(41)39-25-13-15-29-45(39)55(49)51)31-32-44-50(48-35(7-3)21-18-22-36(48)8-4)56-46-30-16-14-26-40(46)38-24-10-12-28-42(38)52(56)54-44;/h9-26,29-30H,5-8,31-32H2,1-4H3;/q-2;+2. The van der Waals surface area contributed by atoms with E-state index < -0.39 is 0 Å². The van der Waals surface area contributed by atoms with E-state index in [0.717, 1.165) is 72.0 Å². The van der Waals surface area contributed by atoms with Crippen LogP contribution in [-0.2, 0) is 59.6 Å². The molecule has 0 aliphatic carbocycles. The summed E-state index contributed by atoms with van der Waals surface area (Å²) in [5, 5.41) is 6.89. The number of fused-ring (bicyclic) bond motifs is 12.